The van der Waals surface area contributed by atoms with Crippen LogP contribution in [-0.2, 0) is 6.18 Å². The molecule has 40 heavy (non-hydrogen) atoms. The summed E-state index contributed by atoms with van der Waals surface area (Å²) in [5.74, 6) is 0. The monoisotopic (exact) mass is 545 g/mol. The highest BCUT2D eigenvalue weighted by Crippen LogP contribution is 2.29. The van der Waals surface area contributed by atoms with Crippen LogP contribution >= 0.6 is 0 Å². The minimum Gasteiger partial charge on any atom is -0.392 e. The van der Waals surface area contributed by atoms with Gasteiger partial charge >= 0.3 is 6.18 Å². The Hall–Kier alpha value is -4.05. The Morgan fingerprint density at radius 2 is 1.35 bits per heavy atom. The Morgan fingerprint density at radius 3 is 1.77 bits per heavy atom. The summed E-state index contributed by atoms with van der Waals surface area (Å²) in [5, 5.41) is 5.42. The fraction of sp³-hybridized carbons (Fsp3) is 0.222. The molecule has 0 aliphatic rings. The summed E-state index contributed by atoms with van der Waals surface area (Å²) in [6.07, 6.45) is 1.93. The van der Waals surface area contributed by atoms with Crippen molar-refractivity contribution in [1.29, 1.82) is 0 Å². The predicted molar refractivity (Wildman–Crippen MR) is 169 cm³/mol. The van der Waals surface area contributed by atoms with Crippen LogP contribution in [0.4, 0.5) is 13.2 Å². The van der Waals surface area contributed by atoms with Crippen molar-refractivity contribution >= 4 is 22.9 Å². The molecule has 0 radical (unpaired) electrons. The van der Waals surface area contributed by atoms with E-state index >= 15 is 0 Å². The van der Waals surface area contributed by atoms with Crippen molar-refractivity contribution in [3.63, 3.8) is 0 Å². The van der Waals surface area contributed by atoms with Gasteiger partial charge < -0.3 is 5.32 Å². The van der Waals surface area contributed by atoms with E-state index in [1.54, 1.807) is 6.92 Å². The minimum absolute atomic E-state index is 0.594. The highest BCUT2D eigenvalue weighted by atomic mass is 19.4. The summed E-state index contributed by atoms with van der Waals surface area (Å²) in [4.78, 5) is 0. The van der Waals surface area contributed by atoms with Crippen molar-refractivity contribution in [1.82, 2.24) is 5.32 Å². The molecule has 0 fully saturated rings. The number of alkyl halides is 3. The molecule has 4 aromatic rings. The molecule has 0 saturated heterocycles. The minimum atomic E-state index is -4.21. The molecule has 0 aliphatic carbocycles. The van der Waals surface area contributed by atoms with Gasteiger partial charge in [0.05, 0.1) is 5.56 Å². The van der Waals surface area contributed by atoms with Crippen molar-refractivity contribution in [2.75, 3.05) is 7.05 Å². The van der Waals surface area contributed by atoms with Crippen molar-refractivity contribution in [2.45, 2.75) is 47.7 Å². The fourth-order valence-corrected chi connectivity index (χ4v) is 3.40. The van der Waals surface area contributed by atoms with Gasteiger partial charge in [0.1, 0.15) is 0 Å². The van der Waals surface area contributed by atoms with Crippen molar-refractivity contribution in [2.24, 2.45) is 0 Å². The SMILES string of the molecule is C=C(C)NC.C=Cc1ccc2c(/C=C\C)c(C)ccc2c1.Cc1ccc(C(F)(F)F)cc1.Cc1ccccc1C. The molecule has 0 saturated carbocycles. The van der Waals surface area contributed by atoms with Gasteiger partial charge in [0.25, 0.3) is 0 Å². The first kappa shape index (κ1) is 34.0. The van der Waals surface area contributed by atoms with Crippen LogP contribution in [0.25, 0.3) is 22.9 Å². The summed E-state index contributed by atoms with van der Waals surface area (Å²) >= 11 is 0. The van der Waals surface area contributed by atoms with Crippen LogP contribution in [0, 0.1) is 27.7 Å². The van der Waals surface area contributed by atoms with E-state index in [1.165, 1.54) is 50.7 Å². The van der Waals surface area contributed by atoms with E-state index in [0.717, 1.165) is 23.4 Å². The lowest BCUT2D eigenvalue weighted by atomic mass is 9.98. The Bertz CT molecular complexity index is 1370. The van der Waals surface area contributed by atoms with E-state index in [4.69, 9.17) is 0 Å². The van der Waals surface area contributed by atoms with E-state index in [-0.39, 0.29) is 0 Å². The standard InChI is InChI=1S/C16H16.C8H7F3.C8H10.C4H9N/c1-4-6-15-12(3)7-9-14-11-13(5-2)8-10-16(14)15;1-6-2-4-7(5-3-6)8(9,10)11;1-7-5-3-4-6-8(7)2;1-4(2)5-3/h4-11H,2H2,1,3H3;2-5H,1H3;3-6H,1-2H3;5H,1H2,2-3H3/b6-4-;;;. The number of nitrogens with one attached hydrogen (secondary N) is 1. The lowest BCUT2D eigenvalue weighted by molar-refractivity contribution is -0.137. The maximum atomic E-state index is 11.9. The molecule has 0 aliphatic heterocycles. The number of allylic oxidation sites excluding steroid dienone is 2. The first-order chi connectivity index (χ1) is 18.8. The van der Waals surface area contributed by atoms with E-state index in [0.29, 0.717) is 0 Å². The molecule has 4 heteroatoms. The molecule has 0 atom stereocenters. The summed E-state index contributed by atoms with van der Waals surface area (Å²) in [6, 6.07) is 24.2. The van der Waals surface area contributed by atoms with Crippen LogP contribution < -0.4 is 5.32 Å². The summed E-state index contributed by atoms with van der Waals surface area (Å²) in [6.45, 7) is 19.5. The Labute approximate surface area is 238 Å². The quantitative estimate of drug-likeness (QED) is 0.270. The first-order valence-corrected chi connectivity index (χ1v) is 13.1. The molecular formula is C36H42F3N. The van der Waals surface area contributed by atoms with Crippen LogP contribution in [0.3, 0.4) is 0 Å². The fourth-order valence-electron chi connectivity index (χ4n) is 3.40. The number of halogens is 3. The molecule has 0 bridgehead atoms. The molecule has 0 heterocycles. The molecule has 1 N–H and O–H groups in total. The van der Waals surface area contributed by atoms with Gasteiger partial charge in [-0.2, -0.15) is 13.2 Å². The second-order valence-electron chi connectivity index (χ2n) is 9.46. The molecular weight excluding hydrogens is 503 g/mol. The van der Waals surface area contributed by atoms with Gasteiger partial charge in [0.2, 0.25) is 0 Å². The molecule has 212 valence electrons. The Morgan fingerprint density at radius 1 is 0.800 bits per heavy atom. The molecule has 4 rings (SSSR count). The third-order valence-electron chi connectivity index (χ3n) is 6.10. The number of hydrogen-bond acceptors (Lipinski definition) is 1. The van der Waals surface area contributed by atoms with E-state index < -0.39 is 11.7 Å². The topological polar surface area (TPSA) is 12.0 Å². The smallest absolute Gasteiger partial charge is 0.392 e. The molecule has 0 unspecified atom stereocenters. The summed E-state index contributed by atoms with van der Waals surface area (Å²) in [5.41, 5.74) is 7.78. The number of rotatable bonds is 3. The maximum absolute atomic E-state index is 11.9. The predicted octanol–water partition coefficient (Wildman–Crippen LogP) is 10.9. The molecule has 0 amide bonds. The lowest BCUT2D eigenvalue weighted by Crippen LogP contribution is -2.03. The maximum Gasteiger partial charge on any atom is 0.416 e. The second kappa shape index (κ2) is 16.8. The largest absolute Gasteiger partial charge is 0.416 e. The number of aryl methyl sites for hydroxylation is 4. The zero-order valence-electron chi connectivity index (χ0n) is 24.8. The van der Waals surface area contributed by atoms with Gasteiger partial charge in [-0.3, -0.25) is 0 Å². The third kappa shape index (κ3) is 11.8. The zero-order chi connectivity index (χ0) is 30.3. The molecule has 4 aromatic carbocycles. The van der Waals surface area contributed by atoms with E-state index in [2.05, 4.69) is 113 Å². The van der Waals surface area contributed by atoms with E-state index in [1.807, 2.05) is 20.0 Å². The molecule has 0 spiro atoms. The van der Waals surface area contributed by atoms with Crippen LogP contribution in [-0.4, -0.2) is 7.05 Å². The molecule has 0 aromatic heterocycles. The van der Waals surface area contributed by atoms with Gasteiger partial charge in [-0.05, 0) is 104 Å². The normalized spacial score (nSPS) is 10.3. The van der Waals surface area contributed by atoms with Crippen LogP contribution in [0.1, 0.15) is 52.8 Å². The van der Waals surface area contributed by atoms with Crippen molar-refractivity contribution in [3.8, 4) is 0 Å². The first-order valence-electron chi connectivity index (χ1n) is 13.1. The highest BCUT2D eigenvalue weighted by molar-refractivity contribution is 5.93. The lowest BCUT2D eigenvalue weighted by Gasteiger charge is -2.07. The van der Waals surface area contributed by atoms with Gasteiger partial charge in [-0.25, -0.2) is 0 Å². The number of hydrogen-bond donors (Lipinski definition) is 1. The van der Waals surface area contributed by atoms with Gasteiger partial charge in [-0.15, -0.1) is 0 Å². The van der Waals surface area contributed by atoms with Crippen LogP contribution in [0.2, 0.25) is 0 Å². The average molecular weight is 546 g/mol. The average Bonchev–Trinajstić information content (AvgIpc) is 2.92. The second-order valence-corrected chi connectivity index (χ2v) is 9.46. The van der Waals surface area contributed by atoms with Gasteiger partial charge in [0, 0.05) is 7.05 Å². The molecule has 1 nitrogen and oxygen atoms in total. The van der Waals surface area contributed by atoms with Gasteiger partial charge in [0.15, 0.2) is 0 Å². The van der Waals surface area contributed by atoms with Crippen LogP contribution in [0.15, 0.2) is 104 Å². The Balaban J connectivity index is 0.000000290. The number of fused-ring (bicyclic) bond motifs is 1. The summed E-state index contributed by atoms with van der Waals surface area (Å²) in [7, 11) is 1.85. The van der Waals surface area contributed by atoms with Crippen molar-refractivity contribution < 1.29 is 13.2 Å². The summed E-state index contributed by atoms with van der Waals surface area (Å²) < 4.78 is 35.8. The Kier molecular flexibility index (Phi) is 14.3. The highest BCUT2D eigenvalue weighted by Gasteiger charge is 2.29. The van der Waals surface area contributed by atoms with Crippen LogP contribution in [0.5, 0.6) is 0 Å². The number of benzene rings is 4. The third-order valence-corrected chi connectivity index (χ3v) is 6.10. The zero-order valence-corrected chi connectivity index (χ0v) is 24.8. The van der Waals surface area contributed by atoms with Gasteiger partial charge in [-0.1, -0.05) is 97.6 Å². The van der Waals surface area contributed by atoms with Crippen molar-refractivity contribution in [3.05, 3.63) is 143 Å². The van der Waals surface area contributed by atoms with E-state index in [9.17, 15) is 13.2 Å².